The monoisotopic (exact) mass is 293 g/mol. The lowest BCUT2D eigenvalue weighted by Gasteiger charge is -2.12. The minimum atomic E-state index is -0.941. The van der Waals surface area contributed by atoms with Gasteiger partial charge in [-0.25, -0.2) is 4.79 Å². The molecule has 1 N–H and O–H groups in total. The molecule has 0 radical (unpaired) electrons. The molecular formula is C14H12ClNO4. The number of carbonyl (C=O) groups excluding carboxylic acids is 2. The smallest absolute Gasteiger partial charge is 0.374 e. The van der Waals surface area contributed by atoms with Crippen molar-refractivity contribution < 1.29 is 18.7 Å². The first-order valence-electron chi connectivity index (χ1n) is 5.87. The Balaban J connectivity index is 1.92. The third-order valence-corrected chi connectivity index (χ3v) is 2.74. The maximum absolute atomic E-state index is 11.9. The molecule has 0 unspecified atom stereocenters. The van der Waals surface area contributed by atoms with E-state index in [1.807, 2.05) is 0 Å². The predicted octanol–water partition coefficient (Wildman–Crippen LogP) is 3.12. The SMILES string of the molecule is C[C@H](OC(=O)c1ccco1)C(=O)Nc1ccc(Cl)cc1. The second-order valence-electron chi connectivity index (χ2n) is 4.02. The molecule has 0 aliphatic rings. The summed E-state index contributed by atoms with van der Waals surface area (Å²) in [5.41, 5.74) is 0.570. The number of hydrogen-bond acceptors (Lipinski definition) is 4. The van der Waals surface area contributed by atoms with Crippen LogP contribution in [-0.4, -0.2) is 18.0 Å². The molecule has 0 aliphatic heterocycles. The summed E-state index contributed by atoms with van der Waals surface area (Å²) >= 11 is 5.74. The molecule has 1 atom stereocenters. The number of hydrogen-bond donors (Lipinski definition) is 1. The van der Waals surface area contributed by atoms with Crippen LogP contribution in [0.2, 0.25) is 5.02 Å². The highest BCUT2D eigenvalue weighted by Gasteiger charge is 2.20. The molecular weight excluding hydrogens is 282 g/mol. The highest BCUT2D eigenvalue weighted by molar-refractivity contribution is 6.30. The van der Waals surface area contributed by atoms with Gasteiger partial charge in [0, 0.05) is 10.7 Å². The fraction of sp³-hybridized carbons (Fsp3) is 0.143. The summed E-state index contributed by atoms with van der Waals surface area (Å²) < 4.78 is 9.87. The minimum Gasteiger partial charge on any atom is -0.457 e. The zero-order chi connectivity index (χ0) is 14.5. The second-order valence-corrected chi connectivity index (χ2v) is 4.46. The van der Waals surface area contributed by atoms with Crippen molar-refractivity contribution in [2.24, 2.45) is 0 Å². The van der Waals surface area contributed by atoms with Crippen LogP contribution in [0, 0.1) is 0 Å². The van der Waals surface area contributed by atoms with Crippen LogP contribution in [0.5, 0.6) is 0 Å². The Morgan fingerprint density at radius 1 is 1.25 bits per heavy atom. The van der Waals surface area contributed by atoms with Crippen LogP contribution in [0.4, 0.5) is 5.69 Å². The summed E-state index contributed by atoms with van der Waals surface area (Å²) in [7, 11) is 0. The Labute approximate surface area is 120 Å². The van der Waals surface area contributed by atoms with E-state index in [0.29, 0.717) is 10.7 Å². The van der Waals surface area contributed by atoms with Crippen LogP contribution < -0.4 is 5.32 Å². The van der Waals surface area contributed by atoms with Gasteiger partial charge in [-0.1, -0.05) is 11.6 Å². The molecule has 0 saturated heterocycles. The minimum absolute atomic E-state index is 0.0520. The zero-order valence-corrected chi connectivity index (χ0v) is 11.4. The summed E-state index contributed by atoms with van der Waals surface area (Å²) in [6.45, 7) is 1.48. The first-order chi connectivity index (χ1) is 9.56. The molecule has 0 spiro atoms. The van der Waals surface area contributed by atoms with Gasteiger partial charge >= 0.3 is 5.97 Å². The van der Waals surface area contributed by atoms with Crippen molar-refractivity contribution in [3.8, 4) is 0 Å². The Morgan fingerprint density at radius 2 is 1.95 bits per heavy atom. The summed E-state index contributed by atoms with van der Waals surface area (Å²) in [5.74, 6) is -1.07. The number of ether oxygens (including phenoxy) is 1. The van der Waals surface area contributed by atoms with Crippen LogP contribution in [0.15, 0.2) is 47.1 Å². The topological polar surface area (TPSA) is 68.5 Å². The number of esters is 1. The molecule has 1 amide bonds. The standard InChI is InChI=1S/C14H12ClNO4/c1-9(20-14(18)12-3-2-8-19-12)13(17)16-11-6-4-10(15)5-7-11/h2-9H,1H3,(H,16,17)/t9-/m0/s1. The van der Waals surface area contributed by atoms with Gasteiger partial charge in [0.2, 0.25) is 5.76 Å². The molecule has 20 heavy (non-hydrogen) atoms. The number of halogens is 1. The Kier molecular flexibility index (Phi) is 4.42. The van der Waals surface area contributed by atoms with Crippen molar-refractivity contribution in [3.63, 3.8) is 0 Å². The molecule has 5 nitrogen and oxygen atoms in total. The second kappa shape index (κ2) is 6.25. The lowest BCUT2D eigenvalue weighted by molar-refractivity contribution is -0.123. The number of nitrogens with one attached hydrogen (secondary N) is 1. The van der Waals surface area contributed by atoms with Crippen LogP contribution in [-0.2, 0) is 9.53 Å². The first kappa shape index (κ1) is 14.1. The molecule has 1 aromatic heterocycles. The van der Waals surface area contributed by atoms with Gasteiger partial charge in [0.25, 0.3) is 5.91 Å². The van der Waals surface area contributed by atoms with Crippen molar-refractivity contribution >= 4 is 29.2 Å². The Hall–Kier alpha value is -2.27. The molecule has 0 fully saturated rings. The summed E-state index contributed by atoms with van der Waals surface area (Å²) in [5, 5.41) is 3.18. The van der Waals surface area contributed by atoms with Gasteiger partial charge < -0.3 is 14.5 Å². The molecule has 104 valence electrons. The van der Waals surface area contributed by atoms with E-state index in [4.69, 9.17) is 20.8 Å². The maximum Gasteiger partial charge on any atom is 0.374 e. The third kappa shape index (κ3) is 3.61. The van der Waals surface area contributed by atoms with E-state index < -0.39 is 18.0 Å². The number of amides is 1. The van der Waals surface area contributed by atoms with Gasteiger partial charge in [0.1, 0.15) is 0 Å². The molecule has 1 heterocycles. The van der Waals surface area contributed by atoms with Crippen LogP contribution in [0.1, 0.15) is 17.5 Å². The molecule has 0 saturated carbocycles. The highest BCUT2D eigenvalue weighted by atomic mass is 35.5. The van der Waals surface area contributed by atoms with E-state index in [0.717, 1.165) is 0 Å². The molecule has 1 aromatic carbocycles. The largest absolute Gasteiger partial charge is 0.457 e. The van der Waals surface area contributed by atoms with Gasteiger partial charge in [-0.3, -0.25) is 4.79 Å². The highest BCUT2D eigenvalue weighted by Crippen LogP contribution is 2.14. The van der Waals surface area contributed by atoms with E-state index in [1.165, 1.54) is 19.3 Å². The zero-order valence-electron chi connectivity index (χ0n) is 10.6. The Bertz CT molecular complexity index is 592. The molecule has 2 aromatic rings. The van der Waals surface area contributed by atoms with E-state index in [-0.39, 0.29) is 5.76 Å². The number of rotatable bonds is 4. The molecule has 0 aliphatic carbocycles. The van der Waals surface area contributed by atoms with Crippen molar-refractivity contribution in [2.75, 3.05) is 5.32 Å². The molecule has 6 heteroatoms. The lowest BCUT2D eigenvalue weighted by atomic mass is 10.3. The van der Waals surface area contributed by atoms with E-state index in [9.17, 15) is 9.59 Å². The summed E-state index contributed by atoms with van der Waals surface area (Å²) in [6, 6.07) is 9.64. The van der Waals surface area contributed by atoms with Crippen molar-refractivity contribution in [1.29, 1.82) is 0 Å². The quantitative estimate of drug-likeness (QED) is 0.879. The van der Waals surface area contributed by atoms with Crippen molar-refractivity contribution in [3.05, 3.63) is 53.4 Å². The maximum atomic E-state index is 11.9. The number of carbonyl (C=O) groups is 2. The fourth-order valence-corrected chi connectivity index (χ4v) is 1.57. The molecule has 2 rings (SSSR count). The van der Waals surface area contributed by atoms with Crippen LogP contribution in [0.3, 0.4) is 0 Å². The summed E-state index contributed by atoms with van der Waals surface area (Å²) in [6.07, 6.45) is 0.415. The predicted molar refractivity (Wildman–Crippen MR) is 73.7 cm³/mol. The van der Waals surface area contributed by atoms with Crippen molar-refractivity contribution in [1.82, 2.24) is 0 Å². The van der Waals surface area contributed by atoms with Gasteiger partial charge in [-0.15, -0.1) is 0 Å². The van der Waals surface area contributed by atoms with Gasteiger partial charge in [-0.2, -0.15) is 0 Å². The van der Waals surface area contributed by atoms with Crippen LogP contribution in [0.25, 0.3) is 0 Å². The normalized spacial score (nSPS) is 11.7. The fourth-order valence-electron chi connectivity index (χ4n) is 1.44. The van der Waals surface area contributed by atoms with E-state index in [1.54, 1.807) is 30.3 Å². The van der Waals surface area contributed by atoms with Gasteiger partial charge in [0.15, 0.2) is 6.10 Å². The van der Waals surface area contributed by atoms with E-state index >= 15 is 0 Å². The average Bonchev–Trinajstić information content (AvgIpc) is 2.95. The summed E-state index contributed by atoms with van der Waals surface area (Å²) in [4.78, 5) is 23.5. The average molecular weight is 294 g/mol. The Morgan fingerprint density at radius 3 is 2.55 bits per heavy atom. The number of benzene rings is 1. The first-order valence-corrected chi connectivity index (χ1v) is 6.25. The number of anilines is 1. The van der Waals surface area contributed by atoms with Gasteiger partial charge in [-0.05, 0) is 43.3 Å². The lowest BCUT2D eigenvalue weighted by Crippen LogP contribution is -2.29. The van der Waals surface area contributed by atoms with Crippen LogP contribution >= 0.6 is 11.6 Å². The van der Waals surface area contributed by atoms with Crippen molar-refractivity contribution in [2.45, 2.75) is 13.0 Å². The van der Waals surface area contributed by atoms with Gasteiger partial charge in [0.05, 0.1) is 6.26 Å². The van der Waals surface area contributed by atoms with E-state index in [2.05, 4.69) is 5.32 Å². The number of furan rings is 1. The third-order valence-electron chi connectivity index (χ3n) is 2.49. The molecule has 0 bridgehead atoms.